The van der Waals surface area contributed by atoms with Gasteiger partial charge in [-0.05, 0) is 20.8 Å². The van der Waals surface area contributed by atoms with Gasteiger partial charge < -0.3 is 69.0 Å². The molecule has 0 amide bonds. The van der Waals surface area contributed by atoms with Crippen LogP contribution in [0.4, 0.5) is 0 Å². The number of aryl methyl sites for hydroxylation is 1. The second kappa shape index (κ2) is 19.9. The van der Waals surface area contributed by atoms with Crippen molar-refractivity contribution >= 4 is 46.9 Å². The van der Waals surface area contributed by atoms with Crippen LogP contribution in [0.3, 0.4) is 0 Å². The van der Waals surface area contributed by atoms with E-state index in [9.17, 15) is 81.7 Å². The summed E-state index contributed by atoms with van der Waals surface area (Å²) in [5, 5.41) is 45.7. The normalized spacial score (nSPS) is 30.5. The number of ether oxygens (including phenoxy) is 2. The number of nitrogens with zero attached hydrogens (tertiary/aromatic N) is 3. The molecule has 2 aliphatic heterocycles. The number of hydrogen-bond acceptors (Lipinski definition) is 23. The first-order chi connectivity index (χ1) is 29.2. The van der Waals surface area contributed by atoms with Crippen LogP contribution in [0, 0.1) is 31.6 Å². The van der Waals surface area contributed by atoms with Crippen LogP contribution < -0.4 is 22.5 Å². The van der Waals surface area contributed by atoms with E-state index in [-0.39, 0.29) is 5.69 Å². The number of phosphoric ester groups is 2. The van der Waals surface area contributed by atoms with Crippen LogP contribution in [0.1, 0.15) is 32.0 Å². The molecular weight excluding hydrogens is 1020 g/mol. The maximum absolute atomic E-state index is 12.2. The molecule has 0 spiro atoms. The molecule has 2 fully saturated rings. The highest BCUT2D eigenvalue weighted by Gasteiger charge is 2.60. The van der Waals surface area contributed by atoms with Gasteiger partial charge in [-0.25, -0.2) is 37.0 Å². The molecule has 2 aromatic heterocycles. The lowest BCUT2D eigenvalue weighted by Crippen LogP contribution is -2.49. The minimum absolute atomic E-state index is 0.0455. The summed E-state index contributed by atoms with van der Waals surface area (Å²) in [6.07, 6.45) is -4.02. The molecule has 2 aromatic rings. The Labute approximate surface area is 359 Å². The standard InChI is InChI=1S/C13H19N2O15P3.C11H16N3O15P3/c1-4-13(19)10(17)9(27-11(13)15-6(2)5-8(16)14-12(15)18)7(3)28-32(23,24)30-33(25,26)29-31(20,21)22;1-3-11(18)8(16)7(26-9(11)14-10(17)13-6(15)4-12-14)5(2)27-31(22,23)29-32(24,25)28-30(19,20)21/h1,5,7,9-11,17,19H,2-3H3,(H,23,24)(H,25,26)(H,14,16,18)(H2,20,21,22);1,4-5,7-9,16,18H,2H3,(H,22,23)(H,24,25)(H,13,15,17)(H2,19,20,21)/t7-,9-,10+,11-,13?;5-,7-,8+,9-,11?/m11/s1. The largest absolute Gasteiger partial charge is 0.490 e. The van der Waals surface area contributed by atoms with Gasteiger partial charge >= 0.3 is 58.3 Å². The lowest BCUT2D eigenvalue weighted by Gasteiger charge is -2.27. The zero-order chi connectivity index (χ0) is 50.3. The third-order valence-electron chi connectivity index (χ3n) is 8.03. The molecule has 6 unspecified atom stereocenters. The molecule has 14 N–H and O–H groups in total. The summed E-state index contributed by atoms with van der Waals surface area (Å²) in [5.41, 5.74) is -9.34. The topological polar surface area (TPSA) is 542 Å². The van der Waals surface area contributed by atoms with E-state index in [0.717, 1.165) is 19.9 Å². The summed E-state index contributed by atoms with van der Waals surface area (Å²) < 4.78 is 103. The van der Waals surface area contributed by atoms with Crippen LogP contribution >= 0.6 is 46.9 Å². The first-order valence-electron chi connectivity index (χ1n) is 16.4. The molecule has 4 heterocycles. The zero-order valence-electron chi connectivity index (χ0n) is 32.2. The Balaban J connectivity index is 0.000000345. The van der Waals surface area contributed by atoms with Gasteiger partial charge in [0.2, 0.25) is 5.60 Å². The second-order valence-electron chi connectivity index (χ2n) is 12.9. The van der Waals surface area contributed by atoms with Gasteiger partial charge in [0, 0.05) is 11.8 Å². The van der Waals surface area contributed by atoms with Crippen molar-refractivity contribution in [1.29, 1.82) is 0 Å². The molecule has 2 saturated heterocycles. The number of aromatic amines is 2. The third kappa shape index (κ3) is 14.3. The van der Waals surface area contributed by atoms with E-state index >= 15 is 0 Å². The number of aliphatic hydroxyl groups is 4. The van der Waals surface area contributed by atoms with E-state index in [1.807, 2.05) is 10.9 Å². The van der Waals surface area contributed by atoms with Crippen LogP contribution in [0.2, 0.25) is 0 Å². The summed E-state index contributed by atoms with van der Waals surface area (Å²) in [6.45, 7) is 3.19. The molecule has 35 nitrogen and oxygen atoms in total. The van der Waals surface area contributed by atoms with Crippen molar-refractivity contribution in [1.82, 2.24) is 24.3 Å². The highest BCUT2D eigenvalue weighted by Crippen LogP contribution is 2.68. The summed E-state index contributed by atoms with van der Waals surface area (Å²) in [6, 6.07) is 0.955. The Morgan fingerprint density at radius 3 is 1.43 bits per heavy atom. The SMILES string of the molecule is C#CC1(O)[C@@H](O)[C@@H]([C@@H](C)OP(=O)(O)OP(=O)(O)OP(=O)(O)O)O[C@H]1n1c(C)cc(=O)[nH]c1=O.C#CC1(O)[C@@H](O)[C@@H]([C@@H](C)OP(=O)(O)OP(=O)(O)OP(=O)(O)O)O[C@H]1n1ncc(=O)[nH]c1=O. The van der Waals surface area contributed by atoms with Crippen molar-refractivity contribution in [2.45, 2.75) is 81.1 Å². The molecule has 0 aromatic carbocycles. The van der Waals surface area contributed by atoms with Crippen LogP contribution in [0.25, 0.3) is 0 Å². The molecule has 366 valence electrons. The van der Waals surface area contributed by atoms with Crippen molar-refractivity contribution < 1.29 is 123 Å². The molecule has 14 atom stereocenters. The van der Waals surface area contributed by atoms with Gasteiger partial charge in [-0.1, -0.05) is 11.8 Å². The maximum Gasteiger partial charge on any atom is 0.490 e. The number of hydrogen-bond donors (Lipinski definition) is 14. The van der Waals surface area contributed by atoms with Crippen LogP contribution in [0.15, 0.2) is 31.4 Å². The van der Waals surface area contributed by atoms with Crippen molar-refractivity contribution in [2.24, 2.45) is 0 Å². The number of H-pyrrole nitrogens is 2. The minimum atomic E-state index is -5.82. The molecule has 0 radical (unpaired) electrons. The average molecular weight is 1060 g/mol. The lowest BCUT2D eigenvalue weighted by molar-refractivity contribution is -0.0933. The van der Waals surface area contributed by atoms with E-state index in [0.29, 0.717) is 15.4 Å². The van der Waals surface area contributed by atoms with E-state index < -0.39 is 130 Å². The third-order valence-corrected chi connectivity index (χ3v) is 15.9. The summed E-state index contributed by atoms with van der Waals surface area (Å²) in [5.74, 6) is 3.61. The molecule has 2 aliphatic rings. The Kier molecular flexibility index (Phi) is 17.3. The fourth-order valence-electron chi connectivity index (χ4n) is 5.58. The number of aromatic nitrogens is 5. The number of phosphoric acid groups is 6. The molecular formula is C24H35N5O30P6. The second-order valence-corrected chi connectivity index (χ2v) is 21.6. The number of rotatable bonds is 16. The number of aliphatic hydroxyl groups excluding tert-OH is 2. The number of nitrogens with one attached hydrogen (secondary N) is 2. The van der Waals surface area contributed by atoms with Gasteiger partial charge in [-0.15, -0.1) is 12.8 Å². The fourth-order valence-corrected chi connectivity index (χ4v) is 12.0. The quantitative estimate of drug-likeness (QED) is 0.0556. The maximum atomic E-state index is 12.2. The van der Waals surface area contributed by atoms with Crippen LogP contribution in [0.5, 0.6) is 0 Å². The van der Waals surface area contributed by atoms with Gasteiger partial charge in [-0.2, -0.15) is 27.0 Å². The molecule has 0 saturated carbocycles. The molecule has 4 rings (SSSR count). The minimum Gasteiger partial charge on any atom is -0.386 e. The van der Waals surface area contributed by atoms with Gasteiger partial charge in [0.15, 0.2) is 18.1 Å². The molecule has 41 heteroatoms. The van der Waals surface area contributed by atoms with Gasteiger partial charge in [0.1, 0.15) is 30.6 Å². The first-order valence-corrected chi connectivity index (χ1v) is 25.5. The Morgan fingerprint density at radius 1 is 0.677 bits per heavy atom. The van der Waals surface area contributed by atoms with Crippen molar-refractivity contribution in [3.05, 3.63) is 59.6 Å². The van der Waals surface area contributed by atoms with Crippen molar-refractivity contribution in [3.8, 4) is 24.7 Å². The average Bonchev–Trinajstić information content (AvgIpc) is 3.50. The fraction of sp³-hybridized carbons (Fsp3) is 0.542. The summed E-state index contributed by atoms with van der Waals surface area (Å²) in [4.78, 5) is 122. The zero-order valence-corrected chi connectivity index (χ0v) is 37.5. The Hall–Kier alpha value is -3.01. The molecule has 0 bridgehead atoms. The smallest absolute Gasteiger partial charge is 0.386 e. The first kappa shape index (κ1) is 56.3. The Morgan fingerprint density at radius 2 is 1.06 bits per heavy atom. The van der Waals surface area contributed by atoms with Crippen LogP contribution in [-0.4, -0.2) is 132 Å². The van der Waals surface area contributed by atoms with E-state index in [1.54, 1.807) is 10.9 Å². The van der Waals surface area contributed by atoms with E-state index in [2.05, 4.69) is 31.4 Å². The molecule has 0 aliphatic carbocycles. The van der Waals surface area contributed by atoms with E-state index in [4.69, 9.17) is 46.8 Å². The van der Waals surface area contributed by atoms with Gasteiger partial charge in [0.25, 0.3) is 11.1 Å². The van der Waals surface area contributed by atoms with Crippen molar-refractivity contribution in [3.63, 3.8) is 0 Å². The monoisotopic (exact) mass is 1060 g/mol. The number of terminal acetylenes is 2. The van der Waals surface area contributed by atoms with Gasteiger partial charge in [0.05, 0.1) is 12.2 Å². The molecule has 65 heavy (non-hydrogen) atoms. The van der Waals surface area contributed by atoms with Gasteiger partial charge in [-0.3, -0.25) is 33.2 Å². The van der Waals surface area contributed by atoms with E-state index in [1.165, 1.54) is 6.92 Å². The summed E-state index contributed by atoms with van der Waals surface area (Å²) >= 11 is 0. The summed E-state index contributed by atoms with van der Waals surface area (Å²) in [7, 11) is -34.1. The lowest BCUT2D eigenvalue weighted by atomic mass is 9.93. The van der Waals surface area contributed by atoms with Crippen molar-refractivity contribution in [2.75, 3.05) is 0 Å². The predicted octanol–water partition coefficient (Wildman–Crippen LogP) is -4.51. The Bertz CT molecular complexity index is 2750. The highest BCUT2D eigenvalue weighted by atomic mass is 31.3. The predicted molar refractivity (Wildman–Crippen MR) is 201 cm³/mol. The highest BCUT2D eigenvalue weighted by molar-refractivity contribution is 7.67. The van der Waals surface area contributed by atoms with Crippen LogP contribution in [-0.2, 0) is 63.2 Å².